The molecule has 0 N–H and O–H groups in total. The van der Waals surface area contributed by atoms with E-state index < -0.39 is 17.4 Å². The van der Waals surface area contributed by atoms with Crippen molar-refractivity contribution in [2.75, 3.05) is 18.1 Å². The molecular weight excluding hydrogens is 386 g/mol. The number of carbonyl (C=O) groups is 2. The Hall–Kier alpha value is -1.66. The number of fused-ring (bicyclic) bond motifs is 1. The fourth-order valence-corrected chi connectivity index (χ4v) is 4.28. The summed E-state index contributed by atoms with van der Waals surface area (Å²) in [6.07, 6.45) is 5.29. The van der Waals surface area contributed by atoms with Crippen molar-refractivity contribution >= 4 is 33.5 Å². The van der Waals surface area contributed by atoms with E-state index in [0.717, 1.165) is 23.0 Å². The van der Waals surface area contributed by atoms with Crippen molar-refractivity contribution in [2.45, 2.75) is 31.5 Å². The Balaban J connectivity index is 1.59. The minimum Gasteiger partial charge on any atom is -0.465 e. The van der Waals surface area contributed by atoms with Gasteiger partial charge in [0.1, 0.15) is 11.5 Å². The van der Waals surface area contributed by atoms with Gasteiger partial charge in [0.05, 0.1) is 25.2 Å². The van der Waals surface area contributed by atoms with Gasteiger partial charge < -0.3 is 14.4 Å². The topological polar surface area (TPSA) is 55.8 Å². The molecule has 6 heteroatoms. The predicted molar refractivity (Wildman–Crippen MR) is 96.1 cm³/mol. The molecule has 1 aromatic rings. The van der Waals surface area contributed by atoms with Crippen molar-refractivity contribution in [1.29, 1.82) is 0 Å². The third-order valence-corrected chi connectivity index (χ3v) is 5.78. The molecule has 1 amide bonds. The van der Waals surface area contributed by atoms with Gasteiger partial charge in [-0.3, -0.25) is 9.59 Å². The van der Waals surface area contributed by atoms with E-state index in [1.807, 2.05) is 43.3 Å². The van der Waals surface area contributed by atoms with E-state index in [2.05, 4.69) is 15.9 Å². The van der Waals surface area contributed by atoms with Gasteiger partial charge >= 0.3 is 5.97 Å². The Labute approximate surface area is 155 Å². The molecule has 0 radical (unpaired) electrons. The van der Waals surface area contributed by atoms with E-state index in [4.69, 9.17) is 9.47 Å². The number of halogens is 1. The van der Waals surface area contributed by atoms with Crippen LogP contribution in [0.5, 0.6) is 0 Å². The fourth-order valence-electron chi connectivity index (χ4n) is 4.02. The lowest BCUT2D eigenvalue weighted by Crippen LogP contribution is -2.40. The van der Waals surface area contributed by atoms with Crippen molar-refractivity contribution in [3.63, 3.8) is 0 Å². The number of hydrogen-bond acceptors (Lipinski definition) is 4. The second-order valence-electron chi connectivity index (χ2n) is 6.82. The van der Waals surface area contributed by atoms with Crippen LogP contribution < -0.4 is 4.90 Å². The van der Waals surface area contributed by atoms with E-state index >= 15 is 0 Å². The molecule has 2 fully saturated rings. The molecule has 1 spiro atoms. The zero-order valence-corrected chi connectivity index (χ0v) is 15.6. The highest BCUT2D eigenvalue weighted by Gasteiger charge is 2.67. The standard InChI is InChI=1S/C19H20BrNO4/c1-2-3-10-24-18(23)15-14-8-9-19(25-14)11-21(17(22)16(15)19)13-6-4-12(20)5-7-13/h4-9,14-16H,2-3,10-11H2,1H3/t14-,15+,16-,19+/m0/s1. The summed E-state index contributed by atoms with van der Waals surface area (Å²) in [5.41, 5.74) is 0.110. The highest BCUT2D eigenvalue weighted by atomic mass is 79.9. The van der Waals surface area contributed by atoms with Crippen LogP contribution >= 0.6 is 15.9 Å². The van der Waals surface area contributed by atoms with Crippen LogP contribution in [0.3, 0.4) is 0 Å². The molecule has 4 atom stereocenters. The van der Waals surface area contributed by atoms with Crippen molar-refractivity contribution in [3.8, 4) is 0 Å². The Kier molecular flexibility index (Phi) is 4.20. The highest BCUT2D eigenvalue weighted by molar-refractivity contribution is 9.10. The SMILES string of the molecule is CCCCOC(=O)[C@@H]1[C@@H]2C=C[C@]3(CN(c4ccc(Br)cc4)C(=O)[C@H]13)O2. The molecule has 3 aliphatic rings. The molecule has 0 unspecified atom stereocenters. The first kappa shape index (κ1) is 16.8. The summed E-state index contributed by atoms with van der Waals surface area (Å²) in [5.74, 6) is -1.43. The van der Waals surface area contributed by atoms with Gasteiger partial charge in [0.15, 0.2) is 0 Å². The van der Waals surface area contributed by atoms with Crippen LogP contribution in [0.4, 0.5) is 5.69 Å². The molecule has 2 bridgehead atoms. The first-order chi connectivity index (χ1) is 12.1. The van der Waals surface area contributed by atoms with Gasteiger partial charge in [-0.25, -0.2) is 0 Å². The molecule has 2 saturated heterocycles. The van der Waals surface area contributed by atoms with Crippen LogP contribution in [0.1, 0.15) is 19.8 Å². The van der Waals surface area contributed by atoms with Crippen molar-refractivity contribution < 1.29 is 19.1 Å². The van der Waals surface area contributed by atoms with E-state index in [-0.39, 0.29) is 18.0 Å². The summed E-state index contributed by atoms with van der Waals surface area (Å²) in [6.45, 7) is 2.87. The second-order valence-corrected chi connectivity index (χ2v) is 7.74. The summed E-state index contributed by atoms with van der Waals surface area (Å²) in [5, 5.41) is 0. The van der Waals surface area contributed by atoms with E-state index in [1.54, 1.807) is 4.90 Å². The number of hydrogen-bond donors (Lipinski definition) is 0. The van der Waals surface area contributed by atoms with Crippen LogP contribution in [-0.2, 0) is 19.1 Å². The minimum atomic E-state index is -0.705. The van der Waals surface area contributed by atoms with Crippen molar-refractivity contribution in [2.24, 2.45) is 11.8 Å². The maximum absolute atomic E-state index is 13.1. The van der Waals surface area contributed by atoms with Crippen LogP contribution in [0.15, 0.2) is 40.9 Å². The molecule has 3 heterocycles. The second kappa shape index (κ2) is 6.25. The van der Waals surface area contributed by atoms with Gasteiger partial charge in [-0.1, -0.05) is 41.4 Å². The molecule has 4 rings (SSSR count). The fraction of sp³-hybridized carbons (Fsp3) is 0.474. The summed E-state index contributed by atoms with van der Waals surface area (Å²) >= 11 is 3.41. The third-order valence-electron chi connectivity index (χ3n) is 5.25. The predicted octanol–water partition coefficient (Wildman–Crippen LogP) is 3.08. The number of unbranched alkanes of at least 4 members (excludes halogenated alkanes) is 1. The summed E-state index contributed by atoms with van der Waals surface area (Å²) in [7, 11) is 0. The molecule has 1 aromatic carbocycles. The van der Waals surface area contributed by atoms with E-state index in [9.17, 15) is 9.59 Å². The maximum Gasteiger partial charge on any atom is 0.312 e. The number of amides is 1. The number of benzene rings is 1. The third kappa shape index (κ3) is 2.62. The molecule has 0 saturated carbocycles. The zero-order chi connectivity index (χ0) is 17.6. The van der Waals surface area contributed by atoms with E-state index in [0.29, 0.717) is 13.2 Å². The Morgan fingerprint density at radius 1 is 1.40 bits per heavy atom. The summed E-state index contributed by atoms with van der Waals surface area (Å²) in [4.78, 5) is 27.4. The molecule has 5 nitrogen and oxygen atoms in total. The first-order valence-electron chi connectivity index (χ1n) is 8.66. The highest BCUT2D eigenvalue weighted by Crippen LogP contribution is 2.52. The lowest BCUT2D eigenvalue weighted by Gasteiger charge is -2.22. The van der Waals surface area contributed by atoms with Gasteiger partial charge in [-0.15, -0.1) is 0 Å². The number of nitrogens with zero attached hydrogens (tertiary/aromatic N) is 1. The van der Waals surface area contributed by atoms with Crippen molar-refractivity contribution in [1.82, 2.24) is 0 Å². The normalized spacial score (nSPS) is 32.3. The van der Waals surface area contributed by atoms with E-state index in [1.165, 1.54) is 0 Å². The molecule has 25 heavy (non-hydrogen) atoms. The van der Waals surface area contributed by atoms with Gasteiger partial charge in [-0.05, 0) is 30.7 Å². The lowest BCUT2D eigenvalue weighted by atomic mass is 9.77. The average Bonchev–Trinajstić information content (AvgIpc) is 3.24. The zero-order valence-electron chi connectivity index (χ0n) is 14.0. The summed E-state index contributed by atoms with van der Waals surface area (Å²) in [6, 6.07) is 7.59. The number of anilines is 1. The van der Waals surface area contributed by atoms with Gasteiger partial charge in [0, 0.05) is 10.2 Å². The average molecular weight is 406 g/mol. The molecule has 0 aromatic heterocycles. The van der Waals surface area contributed by atoms with Gasteiger partial charge in [0.25, 0.3) is 0 Å². The Morgan fingerprint density at radius 3 is 2.88 bits per heavy atom. The van der Waals surface area contributed by atoms with Crippen LogP contribution in [0.25, 0.3) is 0 Å². The van der Waals surface area contributed by atoms with Crippen LogP contribution in [0, 0.1) is 11.8 Å². The lowest BCUT2D eigenvalue weighted by molar-refractivity contribution is -0.152. The van der Waals surface area contributed by atoms with Crippen LogP contribution in [-0.4, -0.2) is 36.7 Å². The quantitative estimate of drug-likeness (QED) is 0.429. The maximum atomic E-state index is 13.1. The first-order valence-corrected chi connectivity index (χ1v) is 9.46. The number of carbonyl (C=O) groups excluding carboxylic acids is 2. The number of ether oxygens (including phenoxy) is 2. The number of rotatable bonds is 5. The van der Waals surface area contributed by atoms with Crippen molar-refractivity contribution in [3.05, 3.63) is 40.9 Å². The molecular formula is C19H20BrNO4. The van der Waals surface area contributed by atoms with Gasteiger partial charge in [0.2, 0.25) is 5.91 Å². The summed E-state index contributed by atoms with van der Waals surface area (Å²) < 4.78 is 12.4. The Bertz CT molecular complexity index is 731. The van der Waals surface area contributed by atoms with Crippen LogP contribution in [0.2, 0.25) is 0 Å². The minimum absolute atomic E-state index is 0.0633. The van der Waals surface area contributed by atoms with Gasteiger partial charge in [-0.2, -0.15) is 0 Å². The molecule has 3 aliphatic heterocycles. The molecule has 132 valence electrons. The Morgan fingerprint density at radius 2 is 2.16 bits per heavy atom. The molecule has 0 aliphatic carbocycles. The number of esters is 1. The smallest absolute Gasteiger partial charge is 0.312 e. The largest absolute Gasteiger partial charge is 0.465 e. The monoisotopic (exact) mass is 405 g/mol.